The lowest BCUT2D eigenvalue weighted by Crippen LogP contribution is -2.37. The quantitative estimate of drug-likeness (QED) is 0.783. The first-order chi connectivity index (χ1) is 13.2. The molecule has 1 heterocycles. The summed E-state index contributed by atoms with van der Waals surface area (Å²) in [5.41, 5.74) is 0.992. The highest BCUT2D eigenvalue weighted by molar-refractivity contribution is 7.18. The Hall–Kier alpha value is -1.95. The summed E-state index contributed by atoms with van der Waals surface area (Å²) in [6.07, 6.45) is 8.27. The van der Waals surface area contributed by atoms with Gasteiger partial charge in [0.15, 0.2) is 6.61 Å². The number of ether oxygens (including phenoxy) is 1. The van der Waals surface area contributed by atoms with Gasteiger partial charge in [0, 0.05) is 12.0 Å². The molecule has 4 rings (SSSR count). The molecule has 1 amide bonds. The van der Waals surface area contributed by atoms with E-state index < -0.39 is 0 Å². The van der Waals surface area contributed by atoms with E-state index in [2.05, 4.69) is 11.4 Å². The molecule has 1 N–H and O–H groups in total. The van der Waals surface area contributed by atoms with E-state index >= 15 is 0 Å². The van der Waals surface area contributed by atoms with E-state index in [9.17, 15) is 9.59 Å². The minimum absolute atomic E-state index is 0.0987. The second kappa shape index (κ2) is 8.38. The lowest BCUT2D eigenvalue weighted by atomic mass is 9.79. The third-order valence-corrected chi connectivity index (χ3v) is 6.93. The minimum Gasteiger partial charge on any atom is -0.455 e. The van der Waals surface area contributed by atoms with Crippen molar-refractivity contribution in [2.75, 3.05) is 6.61 Å². The molecule has 27 heavy (non-hydrogen) atoms. The van der Waals surface area contributed by atoms with Crippen LogP contribution in [0.15, 0.2) is 24.3 Å². The predicted molar refractivity (Wildman–Crippen MR) is 106 cm³/mol. The third-order valence-electron chi connectivity index (χ3n) is 5.76. The molecule has 5 nitrogen and oxygen atoms in total. The van der Waals surface area contributed by atoms with Crippen molar-refractivity contribution in [3.63, 3.8) is 0 Å². The number of carbonyl (C=O) groups excluding carboxylic acids is 2. The first kappa shape index (κ1) is 18.4. The smallest absolute Gasteiger partial charge is 0.310 e. The molecule has 0 aliphatic heterocycles. The molecule has 2 fully saturated rings. The monoisotopic (exact) mass is 386 g/mol. The number of aromatic nitrogens is 1. The molecule has 0 radical (unpaired) electrons. The molecule has 2 aliphatic carbocycles. The van der Waals surface area contributed by atoms with Gasteiger partial charge in [0.1, 0.15) is 0 Å². The lowest BCUT2D eigenvalue weighted by Gasteiger charge is -2.28. The van der Waals surface area contributed by atoms with Gasteiger partial charge in [-0.1, -0.05) is 37.8 Å². The summed E-state index contributed by atoms with van der Waals surface area (Å²) in [5, 5.41) is 3.99. The average Bonchev–Trinajstić information content (AvgIpc) is 3.35. The van der Waals surface area contributed by atoms with Crippen LogP contribution < -0.4 is 5.32 Å². The molecule has 6 heteroatoms. The standard InChI is InChI=1S/C21H26N2O3S/c24-19(22-14-7-1-2-8-14)13-26-21(25)16-10-4-3-9-15(16)20-23-17-11-5-6-12-18(17)27-20/h5-6,11-12,14-16H,1-4,7-10,13H2,(H,22,24)/t15-,16-/m0/s1. The van der Waals surface area contributed by atoms with Crippen molar-refractivity contribution in [3.8, 4) is 0 Å². The minimum atomic E-state index is -0.250. The number of hydrogen-bond donors (Lipinski definition) is 1. The number of carbonyl (C=O) groups is 2. The third kappa shape index (κ3) is 4.32. The number of esters is 1. The van der Waals surface area contributed by atoms with Gasteiger partial charge in [-0.05, 0) is 37.8 Å². The Balaban J connectivity index is 1.39. The lowest BCUT2D eigenvalue weighted by molar-refractivity contribution is -0.154. The van der Waals surface area contributed by atoms with Crippen molar-refractivity contribution in [2.24, 2.45) is 5.92 Å². The molecule has 2 atom stereocenters. The largest absolute Gasteiger partial charge is 0.455 e. The van der Waals surface area contributed by atoms with Crippen LogP contribution in [-0.2, 0) is 14.3 Å². The zero-order valence-electron chi connectivity index (χ0n) is 15.5. The van der Waals surface area contributed by atoms with Crippen LogP contribution in [0.4, 0.5) is 0 Å². The van der Waals surface area contributed by atoms with Crippen LogP contribution in [0, 0.1) is 5.92 Å². The summed E-state index contributed by atoms with van der Waals surface area (Å²) in [7, 11) is 0. The van der Waals surface area contributed by atoms with Gasteiger partial charge in [0.05, 0.1) is 21.1 Å². The Morgan fingerprint density at radius 3 is 2.63 bits per heavy atom. The average molecular weight is 387 g/mol. The maximum atomic E-state index is 12.7. The summed E-state index contributed by atoms with van der Waals surface area (Å²) in [5.74, 6) is -0.525. The molecule has 1 aromatic heterocycles. The van der Waals surface area contributed by atoms with E-state index in [0.717, 1.165) is 66.6 Å². The summed E-state index contributed by atoms with van der Waals surface area (Å²) >= 11 is 1.67. The summed E-state index contributed by atoms with van der Waals surface area (Å²) in [4.78, 5) is 29.5. The number of hydrogen-bond acceptors (Lipinski definition) is 5. The Bertz CT molecular complexity index is 780. The number of nitrogens with one attached hydrogen (secondary N) is 1. The number of amides is 1. The van der Waals surface area contributed by atoms with Crippen LogP contribution in [0.1, 0.15) is 62.3 Å². The van der Waals surface area contributed by atoms with Crippen molar-refractivity contribution in [1.29, 1.82) is 0 Å². The molecule has 2 aromatic rings. The fraction of sp³-hybridized carbons (Fsp3) is 0.571. The van der Waals surface area contributed by atoms with Crippen molar-refractivity contribution < 1.29 is 14.3 Å². The van der Waals surface area contributed by atoms with Gasteiger partial charge in [0.2, 0.25) is 0 Å². The first-order valence-electron chi connectivity index (χ1n) is 10.0. The summed E-state index contributed by atoms with van der Waals surface area (Å²) in [6.45, 7) is -0.168. The molecule has 0 saturated heterocycles. The van der Waals surface area contributed by atoms with E-state index in [4.69, 9.17) is 9.72 Å². The molecule has 0 unspecified atom stereocenters. The van der Waals surface area contributed by atoms with Crippen LogP contribution in [-0.4, -0.2) is 29.5 Å². The fourth-order valence-corrected chi connectivity index (χ4v) is 5.51. The molecule has 2 saturated carbocycles. The van der Waals surface area contributed by atoms with Crippen LogP contribution in [0.2, 0.25) is 0 Å². The SMILES string of the molecule is O=C(COC(=O)[C@H]1CCCC[C@@H]1c1nc2ccccc2s1)NC1CCCC1. The van der Waals surface area contributed by atoms with Crippen molar-refractivity contribution >= 4 is 33.4 Å². The normalized spacial score (nSPS) is 23.4. The van der Waals surface area contributed by atoms with Crippen LogP contribution in [0.3, 0.4) is 0 Å². The van der Waals surface area contributed by atoms with Crippen LogP contribution in [0.25, 0.3) is 10.2 Å². The maximum Gasteiger partial charge on any atom is 0.310 e. The van der Waals surface area contributed by atoms with E-state index in [1.54, 1.807) is 11.3 Å². The predicted octanol–water partition coefficient (Wildman–Crippen LogP) is 4.17. The molecular weight excluding hydrogens is 360 g/mol. The molecule has 144 valence electrons. The number of para-hydroxylation sites is 1. The number of benzene rings is 1. The highest BCUT2D eigenvalue weighted by atomic mass is 32.1. The van der Waals surface area contributed by atoms with Gasteiger partial charge < -0.3 is 10.1 Å². The van der Waals surface area contributed by atoms with E-state index in [1.807, 2.05) is 18.2 Å². The topological polar surface area (TPSA) is 68.3 Å². The van der Waals surface area contributed by atoms with Crippen LogP contribution in [0.5, 0.6) is 0 Å². The molecule has 0 bridgehead atoms. The zero-order valence-corrected chi connectivity index (χ0v) is 16.3. The van der Waals surface area contributed by atoms with Gasteiger partial charge in [-0.25, -0.2) is 4.98 Å². The number of nitrogens with zero attached hydrogens (tertiary/aromatic N) is 1. The first-order valence-corrected chi connectivity index (χ1v) is 10.8. The molecular formula is C21H26N2O3S. The highest BCUT2D eigenvalue weighted by Gasteiger charge is 2.35. The number of thiazole rings is 1. The Labute approximate surface area is 163 Å². The summed E-state index contributed by atoms with van der Waals surface area (Å²) < 4.78 is 6.56. The highest BCUT2D eigenvalue weighted by Crippen LogP contribution is 2.41. The molecule has 1 aromatic carbocycles. The van der Waals surface area contributed by atoms with Crippen LogP contribution >= 0.6 is 11.3 Å². The van der Waals surface area contributed by atoms with E-state index in [0.29, 0.717) is 0 Å². The van der Waals surface area contributed by atoms with Gasteiger partial charge in [-0.15, -0.1) is 11.3 Å². The number of fused-ring (bicyclic) bond motifs is 1. The van der Waals surface area contributed by atoms with Gasteiger partial charge >= 0.3 is 5.97 Å². The summed E-state index contributed by atoms with van der Waals surface area (Å²) in [6, 6.07) is 8.33. The Kier molecular flexibility index (Phi) is 5.72. The Morgan fingerprint density at radius 2 is 1.81 bits per heavy atom. The van der Waals surface area contributed by atoms with E-state index in [1.165, 1.54) is 0 Å². The Morgan fingerprint density at radius 1 is 1.07 bits per heavy atom. The number of rotatable bonds is 5. The second-order valence-electron chi connectivity index (χ2n) is 7.67. The van der Waals surface area contributed by atoms with E-state index in [-0.39, 0.29) is 36.4 Å². The van der Waals surface area contributed by atoms with Crippen molar-refractivity contribution in [3.05, 3.63) is 29.3 Å². The zero-order chi connectivity index (χ0) is 18.6. The van der Waals surface area contributed by atoms with Crippen molar-refractivity contribution in [2.45, 2.75) is 63.3 Å². The second-order valence-corrected chi connectivity index (χ2v) is 8.74. The van der Waals surface area contributed by atoms with Gasteiger partial charge in [-0.3, -0.25) is 9.59 Å². The molecule has 2 aliphatic rings. The van der Waals surface area contributed by atoms with Crippen molar-refractivity contribution in [1.82, 2.24) is 10.3 Å². The van der Waals surface area contributed by atoms with Gasteiger partial charge in [0.25, 0.3) is 5.91 Å². The van der Waals surface area contributed by atoms with Gasteiger partial charge in [-0.2, -0.15) is 0 Å². The molecule has 0 spiro atoms. The maximum absolute atomic E-state index is 12.7. The fourth-order valence-electron chi connectivity index (χ4n) is 4.34.